The van der Waals surface area contributed by atoms with Gasteiger partial charge in [-0.2, -0.15) is 0 Å². The highest BCUT2D eigenvalue weighted by Gasteiger charge is 2.37. The summed E-state index contributed by atoms with van der Waals surface area (Å²) in [6, 6.07) is 2.21. The third-order valence-corrected chi connectivity index (χ3v) is 4.32. The lowest BCUT2D eigenvalue weighted by molar-refractivity contribution is 0.0574. The summed E-state index contributed by atoms with van der Waals surface area (Å²) in [5.41, 5.74) is 0.678. The molecule has 2 aliphatic heterocycles. The van der Waals surface area contributed by atoms with E-state index in [1.807, 2.05) is 11.0 Å². The molecular formula is C13H16BrN3O. The smallest absolute Gasteiger partial charge is 0.255 e. The summed E-state index contributed by atoms with van der Waals surface area (Å²) in [5.74, 6) is 0.741. The maximum atomic E-state index is 12.5. The summed E-state index contributed by atoms with van der Waals surface area (Å²) >= 11 is 3.37. The Hall–Kier alpha value is -0.940. The minimum Gasteiger partial charge on any atom is -0.334 e. The Morgan fingerprint density at radius 1 is 1.44 bits per heavy atom. The van der Waals surface area contributed by atoms with Crippen molar-refractivity contribution in [2.75, 3.05) is 19.6 Å². The summed E-state index contributed by atoms with van der Waals surface area (Å²) < 4.78 is 0.853. The first-order valence-electron chi connectivity index (χ1n) is 6.38. The summed E-state index contributed by atoms with van der Waals surface area (Å²) in [4.78, 5) is 18.6. The molecule has 3 heterocycles. The Morgan fingerprint density at radius 2 is 2.33 bits per heavy atom. The van der Waals surface area contributed by atoms with Crippen molar-refractivity contribution in [1.82, 2.24) is 15.2 Å². The highest BCUT2D eigenvalue weighted by molar-refractivity contribution is 9.10. The van der Waals surface area contributed by atoms with Crippen LogP contribution < -0.4 is 5.32 Å². The van der Waals surface area contributed by atoms with Crippen LogP contribution in [0.25, 0.3) is 0 Å². The predicted molar refractivity (Wildman–Crippen MR) is 72.4 cm³/mol. The number of hydrogen-bond acceptors (Lipinski definition) is 3. The van der Waals surface area contributed by atoms with Crippen LogP contribution in [0.4, 0.5) is 0 Å². The first-order valence-corrected chi connectivity index (χ1v) is 7.17. The number of pyridine rings is 1. The van der Waals surface area contributed by atoms with Crippen LogP contribution in [0.1, 0.15) is 23.2 Å². The van der Waals surface area contributed by atoms with Crippen molar-refractivity contribution in [2.24, 2.45) is 5.92 Å². The average Bonchev–Trinajstić information content (AvgIpc) is 2.86. The van der Waals surface area contributed by atoms with E-state index in [1.165, 1.54) is 6.42 Å². The molecule has 0 spiro atoms. The molecule has 0 aliphatic carbocycles. The Morgan fingerprint density at radius 3 is 3.17 bits per heavy atom. The zero-order chi connectivity index (χ0) is 12.5. The van der Waals surface area contributed by atoms with E-state index in [1.54, 1.807) is 12.4 Å². The Labute approximate surface area is 115 Å². The van der Waals surface area contributed by atoms with Crippen molar-refractivity contribution in [3.8, 4) is 0 Å². The zero-order valence-corrected chi connectivity index (χ0v) is 11.7. The van der Waals surface area contributed by atoms with E-state index in [9.17, 15) is 4.79 Å². The highest BCUT2D eigenvalue weighted by Crippen LogP contribution is 2.27. The number of fused-ring (bicyclic) bond motifs is 1. The predicted octanol–water partition coefficient (Wildman–Crippen LogP) is 1.67. The molecule has 2 atom stereocenters. The molecule has 3 rings (SSSR count). The van der Waals surface area contributed by atoms with Crippen LogP contribution in [-0.4, -0.2) is 41.5 Å². The van der Waals surface area contributed by atoms with E-state index in [-0.39, 0.29) is 5.91 Å². The fraction of sp³-hybridized carbons (Fsp3) is 0.538. The molecule has 5 heteroatoms. The van der Waals surface area contributed by atoms with Crippen LogP contribution in [0.5, 0.6) is 0 Å². The third-order valence-electron chi connectivity index (χ3n) is 3.89. The fourth-order valence-electron chi connectivity index (χ4n) is 3.01. The van der Waals surface area contributed by atoms with Crippen LogP contribution in [0.3, 0.4) is 0 Å². The van der Waals surface area contributed by atoms with Gasteiger partial charge in [0.05, 0.1) is 5.56 Å². The summed E-state index contributed by atoms with van der Waals surface area (Å²) in [5, 5.41) is 3.39. The van der Waals surface area contributed by atoms with Gasteiger partial charge in [0.1, 0.15) is 0 Å². The molecule has 1 aromatic rings. The largest absolute Gasteiger partial charge is 0.334 e. The number of carbonyl (C=O) groups is 1. The molecule has 0 bridgehead atoms. The zero-order valence-electron chi connectivity index (χ0n) is 10.1. The van der Waals surface area contributed by atoms with Crippen molar-refractivity contribution in [2.45, 2.75) is 18.9 Å². The van der Waals surface area contributed by atoms with Crippen LogP contribution in [-0.2, 0) is 0 Å². The number of hydrogen-bond donors (Lipinski definition) is 1. The van der Waals surface area contributed by atoms with E-state index < -0.39 is 0 Å². The Kier molecular flexibility index (Phi) is 3.35. The molecule has 0 aromatic carbocycles. The van der Waals surface area contributed by atoms with Gasteiger partial charge in [0.2, 0.25) is 0 Å². The molecule has 1 N–H and O–H groups in total. The van der Waals surface area contributed by atoms with Crippen LogP contribution in [0, 0.1) is 5.92 Å². The Balaban J connectivity index is 1.83. The first-order chi connectivity index (χ1) is 8.75. The lowest BCUT2D eigenvalue weighted by Gasteiger charge is -2.37. The molecule has 96 valence electrons. The van der Waals surface area contributed by atoms with E-state index in [0.717, 1.165) is 30.5 Å². The normalized spacial score (nSPS) is 27.1. The number of piperidine rings is 1. The number of likely N-dealkylation sites (tertiary alicyclic amines) is 1. The standard InChI is InChI=1S/C13H16BrN3O/c14-11-4-10(6-15-7-11)13(18)17-3-1-2-9-5-16-8-12(9)17/h4,6-7,9,12,16H,1-3,5,8H2. The summed E-state index contributed by atoms with van der Waals surface area (Å²) in [7, 11) is 0. The molecular weight excluding hydrogens is 294 g/mol. The number of halogens is 1. The van der Waals surface area contributed by atoms with Crippen molar-refractivity contribution in [3.05, 3.63) is 28.5 Å². The second kappa shape index (κ2) is 4.97. The monoisotopic (exact) mass is 309 g/mol. The van der Waals surface area contributed by atoms with Gasteiger partial charge in [-0.3, -0.25) is 9.78 Å². The van der Waals surface area contributed by atoms with Crippen LogP contribution >= 0.6 is 15.9 Å². The van der Waals surface area contributed by atoms with E-state index in [2.05, 4.69) is 26.2 Å². The number of nitrogens with one attached hydrogen (secondary N) is 1. The molecule has 0 saturated carbocycles. The topological polar surface area (TPSA) is 45.2 Å². The average molecular weight is 310 g/mol. The fourth-order valence-corrected chi connectivity index (χ4v) is 3.38. The maximum absolute atomic E-state index is 12.5. The second-order valence-electron chi connectivity index (χ2n) is 5.02. The SMILES string of the molecule is O=C(c1cncc(Br)c1)N1CCCC2CNCC21. The number of aromatic nitrogens is 1. The number of nitrogens with zero attached hydrogens (tertiary/aromatic N) is 2. The second-order valence-corrected chi connectivity index (χ2v) is 5.93. The van der Waals surface area contributed by atoms with Gasteiger partial charge in [0.25, 0.3) is 5.91 Å². The van der Waals surface area contributed by atoms with Gasteiger partial charge in [-0.1, -0.05) is 0 Å². The molecule has 18 heavy (non-hydrogen) atoms. The molecule has 2 unspecified atom stereocenters. The van der Waals surface area contributed by atoms with Gasteiger partial charge in [0, 0.05) is 42.5 Å². The molecule has 4 nitrogen and oxygen atoms in total. The van der Waals surface area contributed by atoms with Crippen molar-refractivity contribution in [1.29, 1.82) is 0 Å². The minimum absolute atomic E-state index is 0.113. The minimum atomic E-state index is 0.113. The van der Waals surface area contributed by atoms with Gasteiger partial charge in [-0.15, -0.1) is 0 Å². The Bertz CT molecular complexity index is 465. The maximum Gasteiger partial charge on any atom is 0.255 e. The lowest BCUT2D eigenvalue weighted by atomic mass is 9.91. The third kappa shape index (κ3) is 2.17. The molecule has 1 amide bonds. The number of amides is 1. The molecule has 2 aliphatic rings. The molecule has 0 radical (unpaired) electrons. The number of carbonyl (C=O) groups excluding carboxylic acids is 1. The van der Waals surface area contributed by atoms with Gasteiger partial charge in [0.15, 0.2) is 0 Å². The van der Waals surface area contributed by atoms with Gasteiger partial charge in [-0.05, 0) is 40.8 Å². The van der Waals surface area contributed by atoms with E-state index in [4.69, 9.17) is 0 Å². The molecule has 2 saturated heterocycles. The van der Waals surface area contributed by atoms with Crippen molar-refractivity contribution in [3.63, 3.8) is 0 Å². The quantitative estimate of drug-likeness (QED) is 0.858. The van der Waals surface area contributed by atoms with Gasteiger partial charge >= 0.3 is 0 Å². The highest BCUT2D eigenvalue weighted by atomic mass is 79.9. The van der Waals surface area contributed by atoms with Crippen molar-refractivity contribution >= 4 is 21.8 Å². The van der Waals surface area contributed by atoms with Crippen LogP contribution in [0.2, 0.25) is 0 Å². The molecule has 2 fully saturated rings. The van der Waals surface area contributed by atoms with Gasteiger partial charge in [-0.25, -0.2) is 0 Å². The molecule has 1 aromatic heterocycles. The summed E-state index contributed by atoms with van der Waals surface area (Å²) in [6.07, 6.45) is 5.69. The summed E-state index contributed by atoms with van der Waals surface area (Å²) in [6.45, 7) is 2.84. The van der Waals surface area contributed by atoms with E-state index in [0.29, 0.717) is 17.5 Å². The lowest BCUT2D eigenvalue weighted by Crippen LogP contribution is -2.48. The number of rotatable bonds is 1. The van der Waals surface area contributed by atoms with Crippen LogP contribution in [0.15, 0.2) is 22.9 Å². The first kappa shape index (κ1) is 12.1. The van der Waals surface area contributed by atoms with Gasteiger partial charge < -0.3 is 10.2 Å². The van der Waals surface area contributed by atoms with E-state index >= 15 is 0 Å². The van der Waals surface area contributed by atoms with Crippen molar-refractivity contribution < 1.29 is 4.79 Å².